The van der Waals surface area contributed by atoms with Crippen LogP contribution in [0.4, 0.5) is 13.2 Å². The van der Waals surface area contributed by atoms with Crippen molar-refractivity contribution in [3.63, 3.8) is 0 Å². The molecule has 0 aromatic heterocycles. The Balaban J connectivity index is 2.33. The van der Waals surface area contributed by atoms with Crippen LogP contribution in [0, 0.1) is 0 Å². The van der Waals surface area contributed by atoms with Crippen LogP contribution in [0.25, 0.3) is 0 Å². The van der Waals surface area contributed by atoms with Crippen molar-refractivity contribution in [3.8, 4) is 0 Å². The van der Waals surface area contributed by atoms with Gasteiger partial charge in [-0.1, -0.05) is 0 Å². The molecule has 0 amide bonds. The smallest absolute Gasteiger partial charge is 0.311 e. The third kappa shape index (κ3) is 5.25. The number of nitrogens with one attached hydrogen (secondary N) is 1. The topological polar surface area (TPSA) is 15.3 Å². The molecule has 3 unspecified atom stereocenters. The maximum absolute atomic E-state index is 12.1. The minimum Gasteiger partial charge on any atom is -0.311 e. The van der Waals surface area contributed by atoms with Gasteiger partial charge in [0.1, 0.15) is 0 Å². The molecule has 1 rings (SSSR count). The normalized spacial score (nSPS) is 29.3. The highest BCUT2D eigenvalue weighted by molar-refractivity contribution is 4.84. The first-order valence-corrected chi connectivity index (χ1v) is 6.35. The summed E-state index contributed by atoms with van der Waals surface area (Å²) in [6.45, 7) is 8.12. The van der Waals surface area contributed by atoms with E-state index in [9.17, 15) is 13.2 Å². The van der Waals surface area contributed by atoms with Crippen molar-refractivity contribution in [1.82, 2.24) is 10.2 Å². The quantitative estimate of drug-likeness (QED) is 0.827. The van der Waals surface area contributed by atoms with E-state index in [-0.39, 0.29) is 12.5 Å². The Hall–Kier alpha value is -0.290. The molecule has 5 heteroatoms. The van der Waals surface area contributed by atoms with Gasteiger partial charge in [-0.05, 0) is 33.6 Å². The van der Waals surface area contributed by atoms with Gasteiger partial charge in [0.15, 0.2) is 0 Å². The minimum absolute atomic E-state index is 0.232. The van der Waals surface area contributed by atoms with Crippen molar-refractivity contribution < 1.29 is 13.2 Å². The molecule has 2 nitrogen and oxygen atoms in total. The van der Waals surface area contributed by atoms with Gasteiger partial charge in [0.25, 0.3) is 0 Å². The molecule has 1 aliphatic heterocycles. The summed E-state index contributed by atoms with van der Waals surface area (Å²) < 4.78 is 36.2. The predicted molar refractivity (Wildman–Crippen MR) is 63.0 cm³/mol. The lowest BCUT2D eigenvalue weighted by molar-refractivity contribution is -0.136. The Morgan fingerprint density at radius 2 is 2.00 bits per heavy atom. The van der Waals surface area contributed by atoms with Crippen LogP contribution in [0.2, 0.25) is 0 Å². The van der Waals surface area contributed by atoms with Gasteiger partial charge in [0.05, 0.1) is 0 Å². The second-order valence-corrected chi connectivity index (χ2v) is 5.21. The fraction of sp³-hybridized carbons (Fsp3) is 1.00. The van der Waals surface area contributed by atoms with Crippen molar-refractivity contribution in [2.24, 2.45) is 0 Å². The van der Waals surface area contributed by atoms with E-state index in [4.69, 9.17) is 0 Å². The second kappa shape index (κ2) is 6.05. The summed E-state index contributed by atoms with van der Waals surface area (Å²) in [6.07, 6.45) is -3.82. The van der Waals surface area contributed by atoms with E-state index < -0.39 is 12.6 Å². The fourth-order valence-electron chi connectivity index (χ4n) is 2.43. The van der Waals surface area contributed by atoms with Crippen LogP contribution in [-0.2, 0) is 0 Å². The third-order valence-corrected chi connectivity index (χ3v) is 3.46. The zero-order chi connectivity index (χ0) is 13.1. The summed E-state index contributed by atoms with van der Waals surface area (Å²) in [4.78, 5) is 2.32. The number of hydrogen-bond acceptors (Lipinski definition) is 2. The summed E-state index contributed by atoms with van der Waals surface area (Å²) in [5.74, 6) is 0. The lowest BCUT2D eigenvalue weighted by atomic mass is 10.0. The summed E-state index contributed by atoms with van der Waals surface area (Å²) in [7, 11) is 0. The SMILES string of the molecule is CC1CN(C(C)CCCC(F)(F)F)C(C)CN1. The van der Waals surface area contributed by atoms with Crippen LogP contribution in [-0.4, -0.2) is 42.3 Å². The highest BCUT2D eigenvalue weighted by Crippen LogP contribution is 2.24. The summed E-state index contributed by atoms with van der Waals surface area (Å²) >= 11 is 0. The van der Waals surface area contributed by atoms with Crippen LogP contribution in [0.15, 0.2) is 0 Å². The van der Waals surface area contributed by atoms with Gasteiger partial charge in [0.2, 0.25) is 0 Å². The molecule has 102 valence electrons. The molecule has 17 heavy (non-hydrogen) atoms. The van der Waals surface area contributed by atoms with Gasteiger partial charge in [-0.3, -0.25) is 4.90 Å². The molecule has 0 bridgehead atoms. The molecule has 3 atom stereocenters. The van der Waals surface area contributed by atoms with Crippen molar-refractivity contribution in [2.75, 3.05) is 13.1 Å². The molecule has 0 aromatic carbocycles. The second-order valence-electron chi connectivity index (χ2n) is 5.21. The van der Waals surface area contributed by atoms with E-state index in [0.29, 0.717) is 18.5 Å². The fourth-order valence-corrected chi connectivity index (χ4v) is 2.43. The predicted octanol–water partition coefficient (Wildman–Crippen LogP) is 2.79. The molecule has 0 aliphatic carbocycles. The zero-order valence-corrected chi connectivity index (χ0v) is 10.8. The van der Waals surface area contributed by atoms with Gasteiger partial charge in [0, 0.05) is 37.6 Å². The lowest BCUT2D eigenvalue weighted by Crippen LogP contribution is -2.56. The summed E-state index contributed by atoms with van der Waals surface area (Å²) in [5.41, 5.74) is 0. The van der Waals surface area contributed by atoms with Crippen molar-refractivity contribution in [2.45, 2.75) is 64.3 Å². The molecular weight excluding hydrogens is 229 g/mol. The Kier molecular flexibility index (Phi) is 5.25. The van der Waals surface area contributed by atoms with E-state index in [2.05, 4.69) is 24.1 Å². The molecule has 1 N–H and O–H groups in total. The first-order valence-electron chi connectivity index (χ1n) is 6.35. The number of piperazine rings is 1. The first-order chi connectivity index (χ1) is 7.79. The van der Waals surface area contributed by atoms with E-state index in [0.717, 1.165) is 13.1 Å². The average Bonchev–Trinajstić information content (AvgIpc) is 2.19. The molecule has 1 saturated heterocycles. The minimum atomic E-state index is -4.01. The number of nitrogens with zero attached hydrogens (tertiary/aromatic N) is 1. The Morgan fingerprint density at radius 1 is 1.35 bits per heavy atom. The Morgan fingerprint density at radius 3 is 2.59 bits per heavy atom. The van der Waals surface area contributed by atoms with Gasteiger partial charge in [-0.25, -0.2) is 0 Å². The van der Waals surface area contributed by atoms with Crippen LogP contribution >= 0.6 is 0 Å². The van der Waals surface area contributed by atoms with Crippen LogP contribution in [0.3, 0.4) is 0 Å². The Labute approximate surface area is 102 Å². The van der Waals surface area contributed by atoms with Crippen LogP contribution in [0.1, 0.15) is 40.0 Å². The summed E-state index contributed by atoms with van der Waals surface area (Å²) in [5, 5.41) is 3.38. The molecule has 0 spiro atoms. The van der Waals surface area contributed by atoms with Crippen LogP contribution < -0.4 is 5.32 Å². The van der Waals surface area contributed by atoms with Gasteiger partial charge < -0.3 is 5.32 Å². The zero-order valence-electron chi connectivity index (χ0n) is 10.8. The molecule has 1 aliphatic rings. The molecule has 1 fully saturated rings. The number of rotatable bonds is 4. The average molecular weight is 252 g/mol. The number of hydrogen-bond donors (Lipinski definition) is 1. The van der Waals surface area contributed by atoms with Crippen molar-refractivity contribution in [1.29, 1.82) is 0 Å². The van der Waals surface area contributed by atoms with Crippen LogP contribution in [0.5, 0.6) is 0 Å². The van der Waals surface area contributed by atoms with Gasteiger partial charge in [-0.15, -0.1) is 0 Å². The van der Waals surface area contributed by atoms with E-state index in [1.54, 1.807) is 0 Å². The van der Waals surface area contributed by atoms with E-state index >= 15 is 0 Å². The van der Waals surface area contributed by atoms with E-state index in [1.807, 2.05) is 6.92 Å². The van der Waals surface area contributed by atoms with Gasteiger partial charge in [-0.2, -0.15) is 13.2 Å². The highest BCUT2D eigenvalue weighted by Gasteiger charge is 2.29. The molecule has 0 aromatic rings. The molecule has 1 heterocycles. The maximum atomic E-state index is 12.1. The number of alkyl halides is 3. The molecular formula is C12H23F3N2. The highest BCUT2D eigenvalue weighted by atomic mass is 19.4. The van der Waals surface area contributed by atoms with E-state index in [1.165, 1.54) is 0 Å². The monoisotopic (exact) mass is 252 g/mol. The van der Waals surface area contributed by atoms with Gasteiger partial charge >= 0.3 is 6.18 Å². The van der Waals surface area contributed by atoms with Crippen molar-refractivity contribution in [3.05, 3.63) is 0 Å². The van der Waals surface area contributed by atoms with Crippen molar-refractivity contribution >= 4 is 0 Å². The third-order valence-electron chi connectivity index (χ3n) is 3.46. The first kappa shape index (κ1) is 14.8. The maximum Gasteiger partial charge on any atom is 0.389 e. The largest absolute Gasteiger partial charge is 0.389 e. The summed E-state index contributed by atoms with van der Waals surface area (Å²) in [6, 6.07) is 1.07. The standard InChI is InChI=1S/C12H23F3N2/c1-9-8-17(11(3)7-16-9)10(2)5-4-6-12(13,14)15/h9-11,16H,4-8H2,1-3H3. The Bertz CT molecular complexity index is 230. The molecule has 0 radical (unpaired) electrons. The number of halogens is 3. The molecule has 0 saturated carbocycles. The lowest BCUT2D eigenvalue weighted by Gasteiger charge is -2.41.